The molecule has 0 aromatic heterocycles. The lowest BCUT2D eigenvalue weighted by Gasteiger charge is -2.36. The first-order chi connectivity index (χ1) is 8.05. The summed E-state index contributed by atoms with van der Waals surface area (Å²) in [6.07, 6.45) is 1.28. The first-order valence-electron chi connectivity index (χ1n) is 6.04. The highest BCUT2D eigenvalue weighted by Gasteiger charge is 2.25. The lowest BCUT2D eigenvalue weighted by Crippen LogP contribution is -2.54. The molecule has 1 atom stereocenters. The minimum Gasteiger partial charge on any atom is -0.378 e. The molecule has 2 aliphatic rings. The minimum absolute atomic E-state index is 0.383. The molecule has 0 radical (unpaired) electrons. The molecule has 0 spiro atoms. The van der Waals surface area contributed by atoms with E-state index in [1.807, 2.05) is 0 Å². The van der Waals surface area contributed by atoms with Gasteiger partial charge in [0, 0.05) is 45.3 Å². The standard InChI is InChI=1S/C10H21N3O3S/c1-17(14,15)13-5-3-12(4-6-13)8-10-9-16-7-2-11-10/h10-11H,2-9H2,1H3. The molecule has 6 nitrogen and oxygen atoms in total. The summed E-state index contributed by atoms with van der Waals surface area (Å²) in [6.45, 7) is 6.23. The lowest BCUT2D eigenvalue weighted by atomic mass is 10.2. The first-order valence-corrected chi connectivity index (χ1v) is 7.89. The first kappa shape index (κ1) is 13.2. The lowest BCUT2D eigenvalue weighted by molar-refractivity contribution is 0.0565. The summed E-state index contributed by atoms with van der Waals surface area (Å²) in [5.41, 5.74) is 0. The average Bonchev–Trinajstić information content (AvgIpc) is 2.30. The van der Waals surface area contributed by atoms with Gasteiger partial charge in [-0.3, -0.25) is 4.90 Å². The number of sulfonamides is 1. The molecule has 2 saturated heterocycles. The van der Waals surface area contributed by atoms with Gasteiger partial charge in [-0.15, -0.1) is 0 Å². The molecule has 2 heterocycles. The predicted molar refractivity (Wildman–Crippen MR) is 65.5 cm³/mol. The van der Waals surface area contributed by atoms with Gasteiger partial charge >= 0.3 is 0 Å². The highest BCUT2D eigenvalue weighted by atomic mass is 32.2. The molecule has 0 amide bonds. The van der Waals surface area contributed by atoms with Crippen LogP contribution in [-0.2, 0) is 14.8 Å². The summed E-state index contributed by atoms with van der Waals surface area (Å²) in [6, 6.07) is 0.383. The third kappa shape index (κ3) is 3.89. The van der Waals surface area contributed by atoms with Crippen LogP contribution in [0.15, 0.2) is 0 Å². The van der Waals surface area contributed by atoms with Crippen molar-refractivity contribution in [2.75, 3.05) is 58.7 Å². The Labute approximate surface area is 103 Å². The predicted octanol–water partition coefficient (Wildman–Crippen LogP) is -1.45. The molecular weight excluding hydrogens is 242 g/mol. The largest absolute Gasteiger partial charge is 0.378 e. The molecule has 0 aromatic rings. The van der Waals surface area contributed by atoms with Crippen LogP contribution in [0.1, 0.15) is 0 Å². The van der Waals surface area contributed by atoms with Crippen molar-refractivity contribution in [1.29, 1.82) is 0 Å². The Kier molecular flexibility index (Phi) is 4.37. The van der Waals surface area contributed by atoms with Crippen molar-refractivity contribution < 1.29 is 13.2 Å². The van der Waals surface area contributed by atoms with Crippen molar-refractivity contribution in [1.82, 2.24) is 14.5 Å². The van der Waals surface area contributed by atoms with Crippen LogP contribution in [0.2, 0.25) is 0 Å². The third-order valence-electron chi connectivity index (χ3n) is 3.28. The molecule has 1 unspecified atom stereocenters. The Morgan fingerprint density at radius 2 is 2.00 bits per heavy atom. The summed E-state index contributed by atoms with van der Waals surface area (Å²) in [5.74, 6) is 0. The quantitative estimate of drug-likeness (QED) is 0.675. The maximum absolute atomic E-state index is 11.4. The van der Waals surface area contributed by atoms with Gasteiger partial charge in [0.05, 0.1) is 19.5 Å². The van der Waals surface area contributed by atoms with Crippen LogP contribution >= 0.6 is 0 Å². The van der Waals surface area contributed by atoms with Gasteiger partial charge in [0.2, 0.25) is 10.0 Å². The number of morpholine rings is 1. The van der Waals surface area contributed by atoms with Gasteiger partial charge in [-0.1, -0.05) is 0 Å². The van der Waals surface area contributed by atoms with Gasteiger partial charge in [0.25, 0.3) is 0 Å². The zero-order valence-electron chi connectivity index (χ0n) is 10.3. The fourth-order valence-corrected chi connectivity index (χ4v) is 3.12. The van der Waals surface area contributed by atoms with Crippen LogP contribution in [0.5, 0.6) is 0 Å². The van der Waals surface area contributed by atoms with Crippen LogP contribution in [0, 0.1) is 0 Å². The van der Waals surface area contributed by atoms with E-state index in [0.29, 0.717) is 19.1 Å². The maximum Gasteiger partial charge on any atom is 0.211 e. The Bertz CT molecular complexity index is 333. The molecule has 100 valence electrons. The Hall–Kier alpha value is -0.210. The Balaban J connectivity index is 1.75. The molecule has 0 bridgehead atoms. The zero-order chi connectivity index (χ0) is 12.3. The summed E-state index contributed by atoms with van der Waals surface area (Å²) >= 11 is 0. The SMILES string of the molecule is CS(=O)(=O)N1CCN(CC2COCCN2)CC1. The van der Waals surface area contributed by atoms with E-state index in [2.05, 4.69) is 10.2 Å². The molecule has 2 aliphatic heterocycles. The number of nitrogens with one attached hydrogen (secondary N) is 1. The monoisotopic (exact) mass is 263 g/mol. The normalized spacial score (nSPS) is 29.4. The Morgan fingerprint density at radius 1 is 1.29 bits per heavy atom. The number of piperazine rings is 1. The average molecular weight is 263 g/mol. The minimum atomic E-state index is -3.02. The van der Waals surface area contributed by atoms with E-state index in [1.165, 1.54) is 6.26 Å². The number of nitrogens with zero attached hydrogens (tertiary/aromatic N) is 2. The number of hydrogen-bond acceptors (Lipinski definition) is 5. The van der Waals surface area contributed by atoms with Crippen molar-refractivity contribution in [3.05, 3.63) is 0 Å². The second-order valence-electron chi connectivity index (χ2n) is 4.69. The van der Waals surface area contributed by atoms with E-state index in [9.17, 15) is 8.42 Å². The van der Waals surface area contributed by atoms with Crippen LogP contribution in [0.25, 0.3) is 0 Å². The molecule has 17 heavy (non-hydrogen) atoms. The van der Waals surface area contributed by atoms with Gasteiger partial charge in [0.1, 0.15) is 0 Å². The number of ether oxygens (including phenoxy) is 1. The van der Waals surface area contributed by atoms with E-state index in [4.69, 9.17) is 4.74 Å². The van der Waals surface area contributed by atoms with E-state index in [1.54, 1.807) is 4.31 Å². The molecule has 7 heteroatoms. The van der Waals surface area contributed by atoms with E-state index < -0.39 is 10.0 Å². The summed E-state index contributed by atoms with van der Waals surface area (Å²) in [4.78, 5) is 2.30. The van der Waals surface area contributed by atoms with Crippen LogP contribution in [0.3, 0.4) is 0 Å². The molecular formula is C10H21N3O3S. The molecule has 0 aromatic carbocycles. The maximum atomic E-state index is 11.4. The molecule has 2 rings (SSSR count). The fourth-order valence-electron chi connectivity index (χ4n) is 2.29. The molecule has 2 fully saturated rings. The van der Waals surface area contributed by atoms with Crippen molar-refractivity contribution in [3.63, 3.8) is 0 Å². The van der Waals surface area contributed by atoms with Crippen molar-refractivity contribution in [2.24, 2.45) is 0 Å². The zero-order valence-corrected chi connectivity index (χ0v) is 11.1. The van der Waals surface area contributed by atoms with Gasteiger partial charge in [-0.2, -0.15) is 4.31 Å². The summed E-state index contributed by atoms with van der Waals surface area (Å²) in [7, 11) is -3.02. The highest BCUT2D eigenvalue weighted by molar-refractivity contribution is 7.88. The van der Waals surface area contributed by atoms with Crippen molar-refractivity contribution in [2.45, 2.75) is 6.04 Å². The second-order valence-corrected chi connectivity index (χ2v) is 6.67. The Morgan fingerprint density at radius 3 is 2.53 bits per heavy atom. The summed E-state index contributed by atoms with van der Waals surface area (Å²) < 4.78 is 29.7. The highest BCUT2D eigenvalue weighted by Crippen LogP contribution is 2.07. The number of rotatable bonds is 3. The fraction of sp³-hybridized carbons (Fsp3) is 1.00. The summed E-state index contributed by atoms with van der Waals surface area (Å²) in [5, 5.41) is 3.41. The van der Waals surface area contributed by atoms with Gasteiger partial charge in [-0.25, -0.2) is 8.42 Å². The number of hydrogen-bond donors (Lipinski definition) is 1. The van der Waals surface area contributed by atoms with E-state index >= 15 is 0 Å². The molecule has 0 saturated carbocycles. The van der Waals surface area contributed by atoms with Crippen LogP contribution in [-0.4, -0.2) is 82.4 Å². The topological polar surface area (TPSA) is 61.9 Å². The second kappa shape index (κ2) is 5.62. The van der Waals surface area contributed by atoms with E-state index in [-0.39, 0.29) is 0 Å². The van der Waals surface area contributed by atoms with Gasteiger partial charge in [0.15, 0.2) is 0 Å². The van der Waals surface area contributed by atoms with E-state index in [0.717, 1.165) is 39.4 Å². The smallest absolute Gasteiger partial charge is 0.211 e. The molecule has 1 N–H and O–H groups in total. The van der Waals surface area contributed by atoms with Crippen LogP contribution in [0.4, 0.5) is 0 Å². The molecule has 0 aliphatic carbocycles. The van der Waals surface area contributed by atoms with Gasteiger partial charge in [-0.05, 0) is 0 Å². The van der Waals surface area contributed by atoms with Crippen molar-refractivity contribution >= 4 is 10.0 Å². The van der Waals surface area contributed by atoms with Crippen molar-refractivity contribution in [3.8, 4) is 0 Å². The third-order valence-corrected chi connectivity index (χ3v) is 4.58. The van der Waals surface area contributed by atoms with Crippen LogP contribution < -0.4 is 5.32 Å². The van der Waals surface area contributed by atoms with Gasteiger partial charge < -0.3 is 10.1 Å².